The van der Waals surface area contributed by atoms with E-state index in [-0.39, 0.29) is 27.9 Å². The SMILES string of the molecule is [B]c1c(O)c([B])c(-c2c3ccccc3c(-c3ccc(-c4ccc5sc6ccc(-c7cccc(-c8ccccc8)c7)cc6c5c4)cc3)c3ccccc23)c([B])c1O. The molecular weight excluding hydrogens is 697 g/mol. The molecule has 0 spiro atoms. The Morgan fingerprint density at radius 2 is 0.696 bits per heavy atom. The van der Waals surface area contributed by atoms with Crippen LogP contribution in [0.2, 0.25) is 0 Å². The van der Waals surface area contributed by atoms with Gasteiger partial charge in [0.05, 0.1) is 0 Å². The normalized spacial score (nSPS) is 11.6. The highest BCUT2D eigenvalue weighted by Crippen LogP contribution is 2.44. The Balaban J connectivity index is 1.07. The summed E-state index contributed by atoms with van der Waals surface area (Å²) < 4.78 is 2.53. The Kier molecular flexibility index (Phi) is 8.13. The van der Waals surface area contributed by atoms with Gasteiger partial charge in [-0.2, -0.15) is 0 Å². The van der Waals surface area contributed by atoms with E-state index in [1.165, 1.54) is 42.4 Å². The summed E-state index contributed by atoms with van der Waals surface area (Å²) in [5.41, 5.74) is 10.1. The van der Waals surface area contributed by atoms with Gasteiger partial charge in [-0.05, 0) is 124 Å². The van der Waals surface area contributed by atoms with Crippen LogP contribution >= 0.6 is 11.3 Å². The predicted octanol–water partition coefficient (Wildman–Crippen LogP) is 10.5. The van der Waals surface area contributed by atoms with Crippen LogP contribution in [0, 0.1) is 0 Å². The average Bonchev–Trinajstić information content (AvgIpc) is 3.62. The van der Waals surface area contributed by atoms with E-state index in [0.717, 1.165) is 49.4 Å². The fourth-order valence-corrected chi connectivity index (χ4v) is 9.30. The highest BCUT2D eigenvalue weighted by Gasteiger charge is 2.22. The lowest BCUT2D eigenvalue weighted by Crippen LogP contribution is -2.28. The number of aromatic hydroxyl groups is 2. The van der Waals surface area contributed by atoms with Gasteiger partial charge >= 0.3 is 0 Å². The number of rotatable bonds is 5. The van der Waals surface area contributed by atoms with Gasteiger partial charge in [0, 0.05) is 20.2 Å². The second kappa shape index (κ2) is 13.4. The van der Waals surface area contributed by atoms with Crippen molar-refractivity contribution in [2.45, 2.75) is 0 Å². The molecule has 0 aliphatic carbocycles. The van der Waals surface area contributed by atoms with E-state index < -0.39 is 0 Å². The van der Waals surface area contributed by atoms with Gasteiger partial charge in [0.1, 0.15) is 35.0 Å². The van der Waals surface area contributed by atoms with Crippen molar-refractivity contribution in [2.75, 3.05) is 0 Å². The maximum absolute atomic E-state index is 10.8. The van der Waals surface area contributed by atoms with Crippen molar-refractivity contribution in [3.8, 4) is 67.1 Å². The molecule has 256 valence electrons. The second-order valence-electron chi connectivity index (χ2n) is 14.2. The Labute approximate surface area is 332 Å². The monoisotopic (exact) mass is 726 g/mol. The van der Waals surface area contributed by atoms with Crippen LogP contribution in [0.5, 0.6) is 11.5 Å². The van der Waals surface area contributed by atoms with Crippen LogP contribution in [0.25, 0.3) is 97.4 Å². The highest BCUT2D eigenvalue weighted by molar-refractivity contribution is 7.25. The van der Waals surface area contributed by atoms with E-state index in [9.17, 15) is 10.2 Å². The summed E-state index contributed by atoms with van der Waals surface area (Å²) in [5.74, 6) is -0.774. The third kappa shape index (κ3) is 5.44. The minimum absolute atomic E-state index is 0.0223. The molecule has 56 heavy (non-hydrogen) atoms. The molecule has 6 heteroatoms. The Hall–Kier alpha value is -6.49. The van der Waals surface area contributed by atoms with Crippen molar-refractivity contribution in [2.24, 2.45) is 0 Å². The van der Waals surface area contributed by atoms with Crippen molar-refractivity contribution in [3.05, 3.63) is 164 Å². The molecule has 0 saturated heterocycles. The molecule has 10 aromatic rings. The van der Waals surface area contributed by atoms with Crippen molar-refractivity contribution in [3.63, 3.8) is 0 Å². The molecule has 0 aliphatic heterocycles. The van der Waals surface area contributed by atoms with Gasteiger partial charge in [-0.15, -0.1) is 11.3 Å². The molecule has 2 N–H and O–H groups in total. The van der Waals surface area contributed by atoms with E-state index in [0.29, 0.717) is 5.56 Å². The standard InChI is InChI=1S/C50H29B3O2S/c51-46-45(47(52)50(55)48(53)49(46)54)44-37-15-6-4-13-35(37)43(36-14-5-7-16-38(36)44)30-19-17-29(18-20-30)33-21-23-41-39(26-33)40-27-34(22-24-42(40)56-41)32-12-8-11-31(25-32)28-9-2-1-3-10-28/h1-27,54-55H. The quantitative estimate of drug-likeness (QED) is 0.137. The van der Waals surface area contributed by atoms with Gasteiger partial charge in [-0.25, -0.2) is 0 Å². The minimum Gasteiger partial charge on any atom is -0.509 e. The van der Waals surface area contributed by atoms with Crippen molar-refractivity contribution < 1.29 is 10.2 Å². The van der Waals surface area contributed by atoms with Crippen molar-refractivity contribution in [1.82, 2.24) is 0 Å². The molecule has 9 aromatic carbocycles. The first-order valence-electron chi connectivity index (χ1n) is 18.4. The summed E-state index contributed by atoms with van der Waals surface area (Å²) in [6.45, 7) is 0. The van der Waals surface area contributed by atoms with Crippen molar-refractivity contribution in [1.29, 1.82) is 0 Å². The van der Waals surface area contributed by atoms with Gasteiger partial charge in [0.15, 0.2) is 0 Å². The molecule has 0 aliphatic rings. The molecule has 6 radical (unpaired) electrons. The molecule has 0 fully saturated rings. The number of hydrogen-bond acceptors (Lipinski definition) is 3. The first-order chi connectivity index (χ1) is 27.4. The molecular formula is C50H29B3O2S. The Morgan fingerprint density at radius 1 is 0.304 bits per heavy atom. The molecule has 0 saturated carbocycles. The van der Waals surface area contributed by atoms with Crippen LogP contribution in [-0.2, 0) is 0 Å². The van der Waals surface area contributed by atoms with E-state index in [4.69, 9.17) is 23.5 Å². The van der Waals surface area contributed by atoms with E-state index in [1.54, 1.807) is 0 Å². The summed E-state index contributed by atoms with van der Waals surface area (Å²) in [6, 6.07) is 57.8. The first kappa shape index (κ1) is 34.0. The van der Waals surface area contributed by atoms with Crippen LogP contribution in [0.3, 0.4) is 0 Å². The molecule has 0 unspecified atom stereocenters. The number of benzene rings is 9. The largest absolute Gasteiger partial charge is 0.509 e. The predicted molar refractivity (Wildman–Crippen MR) is 241 cm³/mol. The first-order valence-corrected chi connectivity index (χ1v) is 19.2. The average molecular weight is 726 g/mol. The molecule has 1 aromatic heterocycles. The molecule has 0 atom stereocenters. The zero-order valence-electron chi connectivity index (χ0n) is 30.1. The second-order valence-corrected chi connectivity index (χ2v) is 15.3. The van der Waals surface area contributed by atoms with E-state index in [1.807, 2.05) is 53.8 Å². The van der Waals surface area contributed by atoms with Crippen LogP contribution < -0.4 is 16.4 Å². The third-order valence-electron chi connectivity index (χ3n) is 11.0. The minimum atomic E-state index is -0.387. The summed E-state index contributed by atoms with van der Waals surface area (Å²) in [7, 11) is 18.9. The summed E-state index contributed by atoms with van der Waals surface area (Å²) in [4.78, 5) is 0. The molecule has 0 bridgehead atoms. The zero-order valence-corrected chi connectivity index (χ0v) is 30.9. The topological polar surface area (TPSA) is 40.5 Å². The summed E-state index contributed by atoms with van der Waals surface area (Å²) >= 11 is 1.83. The number of thiophene rings is 1. The molecule has 10 rings (SSSR count). The maximum Gasteiger partial charge on any atom is 0.124 e. The smallest absolute Gasteiger partial charge is 0.124 e. The fraction of sp³-hybridized carbons (Fsp3) is 0. The van der Waals surface area contributed by atoms with Gasteiger partial charge in [0.25, 0.3) is 0 Å². The number of fused-ring (bicyclic) bond motifs is 5. The Morgan fingerprint density at radius 3 is 1.25 bits per heavy atom. The number of phenolic OH excluding ortho intramolecular Hbond substituents is 2. The lowest BCUT2D eigenvalue weighted by atomic mass is 9.70. The number of phenols is 2. The number of hydrogen-bond donors (Lipinski definition) is 2. The lowest BCUT2D eigenvalue weighted by Gasteiger charge is -2.23. The van der Waals surface area contributed by atoms with Crippen molar-refractivity contribution >= 4 is 93.0 Å². The fourth-order valence-electron chi connectivity index (χ4n) is 8.24. The van der Waals surface area contributed by atoms with Gasteiger partial charge in [-0.1, -0.05) is 133 Å². The molecule has 0 amide bonds. The van der Waals surface area contributed by atoms with E-state index in [2.05, 4.69) is 121 Å². The van der Waals surface area contributed by atoms with E-state index >= 15 is 0 Å². The van der Waals surface area contributed by atoms with Crippen LogP contribution in [0.15, 0.2) is 164 Å². The third-order valence-corrected chi connectivity index (χ3v) is 12.2. The lowest BCUT2D eigenvalue weighted by molar-refractivity contribution is 0.464. The van der Waals surface area contributed by atoms with Crippen LogP contribution in [0.4, 0.5) is 0 Å². The van der Waals surface area contributed by atoms with Crippen LogP contribution in [-0.4, -0.2) is 33.8 Å². The van der Waals surface area contributed by atoms with Gasteiger partial charge in [0.2, 0.25) is 0 Å². The summed E-state index contributed by atoms with van der Waals surface area (Å²) in [6.07, 6.45) is 0. The maximum atomic E-state index is 10.8. The molecule has 1 heterocycles. The van der Waals surface area contributed by atoms with Gasteiger partial charge < -0.3 is 10.2 Å². The summed E-state index contributed by atoms with van der Waals surface area (Å²) in [5, 5.41) is 27.8. The zero-order chi connectivity index (χ0) is 38.1. The van der Waals surface area contributed by atoms with Crippen LogP contribution in [0.1, 0.15) is 0 Å². The highest BCUT2D eigenvalue weighted by atomic mass is 32.1. The molecule has 2 nitrogen and oxygen atoms in total. The Bertz CT molecular complexity index is 3100. The van der Waals surface area contributed by atoms with Gasteiger partial charge in [-0.3, -0.25) is 0 Å².